The second-order valence-corrected chi connectivity index (χ2v) is 6.42. The fourth-order valence-electron chi connectivity index (χ4n) is 1.78. The summed E-state index contributed by atoms with van der Waals surface area (Å²) in [7, 11) is 0. The van der Waals surface area contributed by atoms with Crippen LogP contribution in [0.3, 0.4) is 0 Å². The summed E-state index contributed by atoms with van der Waals surface area (Å²) in [6, 6.07) is 7.78. The van der Waals surface area contributed by atoms with Crippen molar-refractivity contribution in [2.24, 2.45) is 0 Å². The molecule has 2 heterocycles. The van der Waals surface area contributed by atoms with Crippen LogP contribution in [0.1, 0.15) is 26.6 Å². The molecule has 0 unspecified atom stereocenters. The summed E-state index contributed by atoms with van der Waals surface area (Å²) in [5, 5.41) is 0.558. The maximum absolute atomic E-state index is 5.80. The van der Waals surface area contributed by atoms with E-state index < -0.39 is 0 Å². The van der Waals surface area contributed by atoms with Crippen LogP contribution < -0.4 is 4.74 Å². The Morgan fingerprint density at radius 1 is 1.24 bits per heavy atom. The molecule has 21 heavy (non-hydrogen) atoms. The molecule has 0 fully saturated rings. The predicted octanol–water partition coefficient (Wildman–Crippen LogP) is 3.81. The van der Waals surface area contributed by atoms with Crippen LogP contribution in [0.15, 0.2) is 43.0 Å². The molecular weight excluding hydrogens is 284 g/mol. The minimum Gasteiger partial charge on any atom is -0.430 e. The third-order valence-electron chi connectivity index (χ3n) is 2.90. The van der Waals surface area contributed by atoms with Gasteiger partial charge in [0.25, 0.3) is 5.19 Å². The second kappa shape index (κ2) is 5.29. The highest BCUT2D eigenvalue weighted by molar-refractivity contribution is 7.07. The lowest BCUT2D eigenvalue weighted by Gasteiger charge is -2.12. The van der Waals surface area contributed by atoms with E-state index >= 15 is 0 Å². The summed E-state index contributed by atoms with van der Waals surface area (Å²) >= 11 is 1.27. The first kappa shape index (κ1) is 13.8. The highest BCUT2D eigenvalue weighted by Gasteiger charge is 2.20. The summed E-state index contributed by atoms with van der Waals surface area (Å²) in [5.74, 6) is 1.53. The zero-order valence-corrected chi connectivity index (χ0v) is 13.0. The molecule has 1 aromatic carbocycles. The van der Waals surface area contributed by atoms with Gasteiger partial charge in [-0.25, -0.2) is 4.98 Å². The Labute approximate surface area is 127 Å². The van der Waals surface area contributed by atoms with E-state index in [1.807, 2.05) is 35.0 Å². The molecule has 0 radical (unpaired) electrons. The Balaban J connectivity index is 1.82. The topological polar surface area (TPSA) is 52.8 Å². The molecular formula is C15H16N4OS. The highest BCUT2D eigenvalue weighted by Crippen LogP contribution is 2.28. The largest absolute Gasteiger partial charge is 0.430 e. The van der Waals surface area contributed by atoms with Crippen LogP contribution in [0, 0.1) is 0 Å². The molecule has 5 nitrogen and oxygen atoms in total. The van der Waals surface area contributed by atoms with Crippen molar-refractivity contribution in [3.8, 4) is 16.6 Å². The van der Waals surface area contributed by atoms with E-state index in [1.165, 1.54) is 11.5 Å². The summed E-state index contributed by atoms with van der Waals surface area (Å²) in [5.41, 5.74) is 0.919. The van der Waals surface area contributed by atoms with Gasteiger partial charge in [0.1, 0.15) is 5.75 Å². The van der Waals surface area contributed by atoms with Gasteiger partial charge in [-0.2, -0.15) is 9.36 Å². The van der Waals surface area contributed by atoms with Gasteiger partial charge in [-0.05, 0) is 12.1 Å². The van der Waals surface area contributed by atoms with Crippen LogP contribution in [0.5, 0.6) is 10.9 Å². The average Bonchev–Trinajstić information content (AvgIpc) is 3.09. The molecule has 0 bridgehead atoms. The average molecular weight is 300 g/mol. The molecule has 6 heteroatoms. The third-order valence-corrected chi connectivity index (χ3v) is 3.50. The first-order valence-electron chi connectivity index (χ1n) is 6.63. The van der Waals surface area contributed by atoms with E-state index in [2.05, 4.69) is 35.1 Å². The summed E-state index contributed by atoms with van der Waals surface area (Å²) < 4.78 is 12.1. The zero-order chi connectivity index (χ0) is 14.9. The summed E-state index contributed by atoms with van der Waals surface area (Å²) in [6.45, 7) is 6.25. The number of ether oxygens (including phenoxy) is 1. The van der Waals surface area contributed by atoms with Gasteiger partial charge in [-0.15, -0.1) is 0 Å². The summed E-state index contributed by atoms with van der Waals surface area (Å²) in [4.78, 5) is 8.48. The zero-order valence-electron chi connectivity index (χ0n) is 12.1. The Bertz CT molecular complexity index is 728. The Morgan fingerprint density at radius 2 is 2.10 bits per heavy atom. The van der Waals surface area contributed by atoms with Crippen molar-refractivity contribution < 1.29 is 4.74 Å². The molecule has 3 aromatic rings. The number of hydrogen-bond acceptors (Lipinski definition) is 5. The van der Waals surface area contributed by atoms with Crippen LogP contribution in [0.2, 0.25) is 0 Å². The second-order valence-electron chi connectivity index (χ2n) is 5.70. The van der Waals surface area contributed by atoms with Crippen molar-refractivity contribution in [2.75, 3.05) is 0 Å². The van der Waals surface area contributed by atoms with E-state index in [-0.39, 0.29) is 5.41 Å². The van der Waals surface area contributed by atoms with Crippen LogP contribution in [0.25, 0.3) is 5.69 Å². The van der Waals surface area contributed by atoms with Crippen LogP contribution >= 0.6 is 11.5 Å². The number of rotatable bonds is 3. The minimum absolute atomic E-state index is 0.0727. The van der Waals surface area contributed by atoms with Gasteiger partial charge in [0.2, 0.25) is 0 Å². The first-order valence-corrected chi connectivity index (χ1v) is 7.40. The molecule has 2 aromatic heterocycles. The third kappa shape index (κ3) is 3.11. The molecule has 0 N–H and O–H groups in total. The highest BCUT2D eigenvalue weighted by atomic mass is 32.1. The maximum atomic E-state index is 5.80. The van der Waals surface area contributed by atoms with E-state index in [4.69, 9.17) is 4.74 Å². The molecule has 0 aliphatic carbocycles. The lowest BCUT2D eigenvalue weighted by molar-refractivity contribution is 0.468. The molecule has 0 atom stereocenters. The first-order chi connectivity index (χ1) is 10.0. The number of hydrogen-bond donors (Lipinski definition) is 0. The van der Waals surface area contributed by atoms with Crippen LogP contribution in [-0.4, -0.2) is 18.9 Å². The molecule has 0 amide bonds. The molecule has 0 aliphatic heterocycles. The number of imidazole rings is 1. The van der Waals surface area contributed by atoms with Crippen molar-refractivity contribution in [1.82, 2.24) is 18.9 Å². The fourth-order valence-corrected chi connectivity index (χ4v) is 2.52. The van der Waals surface area contributed by atoms with Crippen molar-refractivity contribution in [3.05, 3.63) is 48.8 Å². The number of aromatic nitrogens is 4. The van der Waals surface area contributed by atoms with Crippen molar-refractivity contribution in [2.45, 2.75) is 26.2 Å². The fraction of sp³-hybridized carbons (Fsp3) is 0.267. The van der Waals surface area contributed by atoms with E-state index in [9.17, 15) is 0 Å². The van der Waals surface area contributed by atoms with Crippen LogP contribution in [0.4, 0.5) is 0 Å². The SMILES string of the molecule is CC(C)(C)c1nsc(Oc2cccc(-n3ccnc3)c2)n1. The number of benzene rings is 1. The van der Waals surface area contributed by atoms with Crippen molar-refractivity contribution in [1.29, 1.82) is 0 Å². The predicted molar refractivity (Wildman–Crippen MR) is 82.2 cm³/mol. The van der Waals surface area contributed by atoms with Gasteiger partial charge in [0.15, 0.2) is 5.82 Å². The Hall–Kier alpha value is -2.21. The van der Waals surface area contributed by atoms with Crippen molar-refractivity contribution >= 4 is 11.5 Å². The number of nitrogens with zero attached hydrogens (tertiary/aromatic N) is 4. The van der Waals surface area contributed by atoms with Gasteiger partial charge >= 0.3 is 0 Å². The normalized spacial score (nSPS) is 11.6. The molecule has 0 saturated heterocycles. The quantitative estimate of drug-likeness (QED) is 0.738. The van der Waals surface area contributed by atoms with Gasteiger partial charge in [0.05, 0.1) is 12.0 Å². The van der Waals surface area contributed by atoms with Crippen molar-refractivity contribution in [3.63, 3.8) is 0 Å². The molecule has 0 saturated carbocycles. The Kier molecular flexibility index (Phi) is 3.47. The lowest BCUT2D eigenvalue weighted by Crippen LogP contribution is -2.12. The van der Waals surface area contributed by atoms with Gasteiger partial charge in [-0.1, -0.05) is 26.8 Å². The monoisotopic (exact) mass is 300 g/mol. The van der Waals surface area contributed by atoms with E-state index in [0.717, 1.165) is 17.3 Å². The molecule has 0 spiro atoms. The standard InChI is InChI=1S/C15H16N4OS/c1-15(2,3)13-17-14(21-18-13)20-12-6-4-5-11(9-12)19-8-7-16-10-19/h4-10H,1-3H3. The van der Waals surface area contributed by atoms with E-state index in [1.54, 1.807) is 12.5 Å². The van der Waals surface area contributed by atoms with Gasteiger partial charge in [0, 0.05) is 35.4 Å². The molecule has 0 aliphatic rings. The maximum Gasteiger partial charge on any atom is 0.298 e. The molecule has 3 rings (SSSR count). The van der Waals surface area contributed by atoms with Crippen LogP contribution in [-0.2, 0) is 5.41 Å². The Morgan fingerprint density at radius 3 is 2.76 bits per heavy atom. The van der Waals surface area contributed by atoms with Gasteiger partial charge in [-0.3, -0.25) is 0 Å². The van der Waals surface area contributed by atoms with E-state index in [0.29, 0.717) is 5.19 Å². The minimum atomic E-state index is -0.0727. The van der Waals surface area contributed by atoms with Gasteiger partial charge < -0.3 is 9.30 Å². The molecule has 108 valence electrons. The summed E-state index contributed by atoms with van der Waals surface area (Å²) in [6.07, 6.45) is 5.39. The smallest absolute Gasteiger partial charge is 0.298 e. The lowest BCUT2D eigenvalue weighted by atomic mass is 9.96.